The van der Waals surface area contributed by atoms with Crippen molar-refractivity contribution in [3.8, 4) is 0 Å². The SMILES string of the molecule is CC1(C(=O)NC2=CC(c3cccc(F)c3F)CN=C2)C=C(NC(=O)C2CCC(F)(F)C2)N=CC1. The number of carbonyl (C=O) groups is 2. The smallest absolute Gasteiger partial charge is 0.248 e. The average Bonchev–Trinajstić information content (AvgIpc) is 3.16. The van der Waals surface area contributed by atoms with Crippen molar-refractivity contribution in [2.45, 2.75) is 44.4 Å². The molecule has 0 spiro atoms. The van der Waals surface area contributed by atoms with Crippen LogP contribution in [0.4, 0.5) is 17.6 Å². The van der Waals surface area contributed by atoms with E-state index in [-0.39, 0.29) is 37.2 Å². The molecule has 6 nitrogen and oxygen atoms in total. The molecule has 2 N–H and O–H groups in total. The van der Waals surface area contributed by atoms with Gasteiger partial charge in [0.2, 0.25) is 17.7 Å². The molecular formula is C24H24F4N4O2. The summed E-state index contributed by atoms with van der Waals surface area (Å²) in [6, 6.07) is 3.91. The Morgan fingerprint density at radius 1 is 1.18 bits per heavy atom. The number of hydrogen-bond acceptors (Lipinski definition) is 4. The number of carbonyl (C=O) groups excluding carboxylic acids is 2. The molecule has 2 heterocycles. The van der Waals surface area contributed by atoms with Crippen molar-refractivity contribution in [2.75, 3.05) is 6.54 Å². The third-order valence-corrected chi connectivity index (χ3v) is 6.30. The summed E-state index contributed by atoms with van der Waals surface area (Å²) in [7, 11) is 0. The Balaban J connectivity index is 1.44. The average molecular weight is 476 g/mol. The van der Waals surface area contributed by atoms with Crippen molar-refractivity contribution in [2.24, 2.45) is 21.3 Å². The van der Waals surface area contributed by atoms with Gasteiger partial charge in [-0.3, -0.25) is 14.6 Å². The lowest BCUT2D eigenvalue weighted by Crippen LogP contribution is -2.41. The van der Waals surface area contributed by atoms with E-state index in [0.717, 1.165) is 6.07 Å². The molecule has 180 valence electrons. The number of rotatable bonds is 5. The minimum absolute atomic E-state index is 0.0914. The van der Waals surface area contributed by atoms with E-state index in [2.05, 4.69) is 20.6 Å². The van der Waals surface area contributed by atoms with Crippen LogP contribution in [0.3, 0.4) is 0 Å². The Morgan fingerprint density at radius 3 is 2.71 bits per heavy atom. The minimum atomic E-state index is -2.85. The zero-order chi connectivity index (χ0) is 24.5. The van der Waals surface area contributed by atoms with Crippen LogP contribution in [0.15, 0.2) is 51.9 Å². The first kappa shape index (κ1) is 23.8. The van der Waals surface area contributed by atoms with E-state index in [4.69, 9.17) is 0 Å². The molecule has 1 aliphatic carbocycles. The Labute approximate surface area is 193 Å². The second-order valence-corrected chi connectivity index (χ2v) is 9.07. The van der Waals surface area contributed by atoms with E-state index in [1.165, 1.54) is 30.6 Å². The quantitative estimate of drug-likeness (QED) is 0.630. The Bertz CT molecular complexity index is 1130. The van der Waals surface area contributed by atoms with Gasteiger partial charge in [-0.2, -0.15) is 0 Å². The fourth-order valence-corrected chi connectivity index (χ4v) is 4.28. The fraction of sp³-hybridized carbons (Fsp3) is 0.417. The molecule has 1 aromatic carbocycles. The van der Waals surface area contributed by atoms with Gasteiger partial charge in [0, 0.05) is 50.1 Å². The summed E-state index contributed by atoms with van der Waals surface area (Å²) < 4.78 is 54.7. The molecule has 1 fully saturated rings. The van der Waals surface area contributed by atoms with Gasteiger partial charge >= 0.3 is 0 Å². The lowest BCUT2D eigenvalue weighted by molar-refractivity contribution is -0.127. The highest BCUT2D eigenvalue weighted by atomic mass is 19.3. The van der Waals surface area contributed by atoms with Crippen LogP contribution in [0, 0.1) is 23.0 Å². The van der Waals surface area contributed by atoms with Crippen LogP contribution >= 0.6 is 0 Å². The first-order valence-electron chi connectivity index (χ1n) is 11.0. The van der Waals surface area contributed by atoms with Crippen LogP contribution in [0.5, 0.6) is 0 Å². The maximum atomic E-state index is 14.2. The number of allylic oxidation sites excluding steroid dienone is 1. The summed E-state index contributed by atoms with van der Waals surface area (Å²) >= 11 is 0. The second kappa shape index (κ2) is 9.15. The number of dihydropyridines is 1. The van der Waals surface area contributed by atoms with E-state index in [1.807, 2.05) is 0 Å². The minimum Gasteiger partial charge on any atom is -0.324 e. The molecule has 1 aromatic rings. The lowest BCUT2D eigenvalue weighted by atomic mass is 9.84. The maximum absolute atomic E-state index is 14.2. The lowest BCUT2D eigenvalue weighted by Gasteiger charge is -2.28. The topological polar surface area (TPSA) is 82.9 Å². The number of halogens is 4. The fourth-order valence-electron chi connectivity index (χ4n) is 4.28. The number of aliphatic imine (C=N–C) groups is 2. The first-order chi connectivity index (χ1) is 16.1. The summed E-state index contributed by atoms with van der Waals surface area (Å²) in [6.07, 6.45) is 5.51. The molecule has 0 saturated heterocycles. The van der Waals surface area contributed by atoms with Gasteiger partial charge in [0.25, 0.3) is 0 Å². The number of nitrogens with zero attached hydrogens (tertiary/aromatic N) is 2. The molecule has 34 heavy (non-hydrogen) atoms. The maximum Gasteiger partial charge on any atom is 0.248 e. The second-order valence-electron chi connectivity index (χ2n) is 9.07. The molecule has 2 aliphatic heterocycles. The highest BCUT2D eigenvalue weighted by molar-refractivity contribution is 5.94. The molecule has 3 atom stereocenters. The van der Waals surface area contributed by atoms with Crippen LogP contribution in [0.25, 0.3) is 0 Å². The van der Waals surface area contributed by atoms with Crippen LogP contribution in [-0.2, 0) is 9.59 Å². The number of hydrogen-bond donors (Lipinski definition) is 2. The zero-order valence-corrected chi connectivity index (χ0v) is 18.5. The molecule has 3 aliphatic rings. The van der Waals surface area contributed by atoms with E-state index >= 15 is 0 Å². The van der Waals surface area contributed by atoms with E-state index < -0.39 is 53.0 Å². The van der Waals surface area contributed by atoms with Gasteiger partial charge in [-0.25, -0.2) is 22.6 Å². The van der Waals surface area contributed by atoms with Gasteiger partial charge in [-0.15, -0.1) is 0 Å². The highest BCUT2D eigenvalue weighted by Gasteiger charge is 2.43. The van der Waals surface area contributed by atoms with Crippen molar-refractivity contribution in [1.82, 2.24) is 10.6 Å². The standard InChI is InChI=1S/C24H24F4N4O2/c1-23(7-8-30-19(11-23)32-21(33)14-5-6-24(27,28)10-14)22(34)31-16-9-15(12-29-13-16)17-3-2-4-18(25)20(17)26/h2-4,8-9,11,13-15H,5-7,10,12H2,1H3,(H,31,34)(H,32,33). The van der Waals surface area contributed by atoms with Gasteiger partial charge in [0.1, 0.15) is 5.82 Å². The third kappa shape index (κ3) is 5.10. The first-order valence-corrected chi connectivity index (χ1v) is 11.0. The molecule has 0 aromatic heterocycles. The molecular weight excluding hydrogens is 452 g/mol. The summed E-state index contributed by atoms with van der Waals surface area (Å²) in [5, 5.41) is 5.29. The van der Waals surface area contributed by atoms with Crippen molar-refractivity contribution in [3.05, 3.63) is 59.1 Å². The molecule has 10 heteroatoms. The van der Waals surface area contributed by atoms with E-state index in [9.17, 15) is 27.2 Å². The van der Waals surface area contributed by atoms with Crippen molar-refractivity contribution < 1.29 is 27.2 Å². The molecule has 2 amide bonds. The van der Waals surface area contributed by atoms with Crippen LogP contribution in [-0.4, -0.2) is 36.7 Å². The van der Waals surface area contributed by atoms with Gasteiger partial charge in [-0.1, -0.05) is 12.1 Å². The predicted molar refractivity (Wildman–Crippen MR) is 118 cm³/mol. The highest BCUT2D eigenvalue weighted by Crippen LogP contribution is 2.39. The van der Waals surface area contributed by atoms with Gasteiger partial charge in [-0.05, 0) is 37.1 Å². The number of nitrogens with one attached hydrogen (secondary N) is 2. The molecule has 4 rings (SSSR count). The predicted octanol–water partition coefficient (Wildman–Crippen LogP) is 4.01. The van der Waals surface area contributed by atoms with Gasteiger partial charge in [0.05, 0.1) is 11.1 Å². The van der Waals surface area contributed by atoms with Crippen LogP contribution < -0.4 is 10.6 Å². The Morgan fingerprint density at radius 2 is 1.97 bits per heavy atom. The van der Waals surface area contributed by atoms with Crippen molar-refractivity contribution in [3.63, 3.8) is 0 Å². The third-order valence-electron chi connectivity index (χ3n) is 6.30. The number of alkyl halides is 2. The van der Waals surface area contributed by atoms with Gasteiger partial charge < -0.3 is 10.6 Å². The van der Waals surface area contributed by atoms with E-state index in [0.29, 0.717) is 5.70 Å². The van der Waals surface area contributed by atoms with Crippen LogP contribution in [0.2, 0.25) is 0 Å². The molecule has 3 unspecified atom stereocenters. The van der Waals surface area contributed by atoms with Gasteiger partial charge in [0.15, 0.2) is 11.6 Å². The monoisotopic (exact) mass is 476 g/mol. The van der Waals surface area contributed by atoms with E-state index in [1.54, 1.807) is 13.0 Å². The molecule has 0 radical (unpaired) electrons. The number of benzene rings is 1. The van der Waals surface area contributed by atoms with Crippen molar-refractivity contribution >= 4 is 24.2 Å². The normalized spacial score (nSPS) is 27.7. The summed E-state index contributed by atoms with van der Waals surface area (Å²) in [5.74, 6) is -6.96. The van der Waals surface area contributed by atoms with Crippen molar-refractivity contribution in [1.29, 1.82) is 0 Å². The van der Waals surface area contributed by atoms with Crippen LogP contribution in [0.1, 0.15) is 44.1 Å². The molecule has 1 saturated carbocycles. The molecule has 0 bridgehead atoms. The summed E-state index contributed by atoms with van der Waals surface area (Å²) in [4.78, 5) is 33.7. The number of amides is 2. The largest absolute Gasteiger partial charge is 0.324 e. The Kier molecular flexibility index (Phi) is 6.42. The summed E-state index contributed by atoms with van der Waals surface area (Å²) in [5.41, 5.74) is -0.613. The summed E-state index contributed by atoms with van der Waals surface area (Å²) in [6.45, 7) is 1.85. The zero-order valence-electron chi connectivity index (χ0n) is 18.5. The Hall–Kier alpha value is -3.30.